The molecule has 1 aromatic rings. The highest BCUT2D eigenvalue weighted by molar-refractivity contribution is 5.54. The molecule has 5 heteroatoms. The molecule has 5 nitrogen and oxygen atoms in total. The van der Waals surface area contributed by atoms with Crippen LogP contribution in [0.3, 0.4) is 0 Å². The number of nitrogens with zero attached hydrogens (tertiary/aromatic N) is 2. The highest BCUT2D eigenvalue weighted by atomic mass is 16.6. The Bertz CT molecular complexity index is 549. The van der Waals surface area contributed by atoms with Gasteiger partial charge in [0.25, 0.3) is 0 Å². The Labute approximate surface area is 117 Å². The molecule has 0 amide bonds. The van der Waals surface area contributed by atoms with E-state index in [-0.39, 0.29) is 16.9 Å². The van der Waals surface area contributed by atoms with E-state index in [4.69, 9.17) is 5.73 Å². The minimum absolute atomic E-state index is 0.0294. The molecule has 0 aliphatic heterocycles. The Morgan fingerprint density at radius 2 is 1.75 bits per heavy atom. The quantitative estimate of drug-likeness (QED) is 0.663. The van der Waals surface area contributed by atoms with Crippen molar-refractivity contribution in [3.8, 4) is 0 Å². The van der Waals surface area contributed by atoms with E-state index < -0.39 is 4.92 Å². The number of hydrogen-bond donors (Lipinski definition) is 1. The predicted molar refractivity (Wildman–Crippen MR) is 75.2 cm³/mol. The van der Waals surface area contributed by atoms with Crippen molar-refractivity contribution < 1.29 is 4.92 Å². The Morgan fingerprint density at radius 3 is 2.25 bits per heavy atom. The largest absolute Gasteiger partial charge is 0.378 e. The van der Waals surface area contributed by atoms with Crippen LogP contribution < -0.4 is 5.73 Å². The van der Waals surface area contributed by atoms with Crippen molar-refractivity contribution >= 4 is 11.5 Å². The van der Waals surface area contributed by atoms with Crippen LogP contribution in [0.25, 0.3) is 0 Å². The van der Waals surface area contributed by atoms with Crippen LogP contribution in [0, 0.1) is 27.9 Å². The van der Waals surface area contributed by atoms with Crippen molar-refractivity contribution in [2.75, 3.05) is 5.73 Å². The smallest absolute Gasteiger partial charge is 0.311 e. The van der Waals surface area contributed by atoms with E-state index in [1.165, 1.54) is 38.5 Å². The molecule has 2 N–H and O–H groups in total. The Kier molecular flexibility index (Phi) is 2.38. The van der Waals surface area contributed by atoms with Crippen molar-refractivity contribution in [1.29, 1.82) is 0 Å². The minimum Gasteiger partial charge on any atom is -0.378 e. The van der Waals surface area contributed by atoms with Crippen molar-refractivity contribution in [3.63, 3.8) is 0 Å². The van der Waals surface area contributed by atoms with Crippen LogP contribution >= 0.6 is 0 Å². The highest BCUT2D eigenvalue weighted by Gasteiger charge is 2.52. The number of aromatic nitrogens is 1. The van der Waals surface area contributed by atoms with Crippen LogP contribution in [0.1, 0.15) is 44.1 Å². The molecule has 106 valence electrons. The molecule has 4 saturated carbocycles. The number of nitro groups is 1. The second-order valence-electron chi connectivity index (χ2n) is 7.08. The van der Waals surface area contributed by atoms with Gasteiger partial charge in [-0.1, -0.05) is 0 Å². The van der Waals surface area contributed by atoms with E-state index in [2.05, 4.69) is 4.98 Å². The lowest BCUT2D eigenvalue weighted by Gasteiger charge is -2.57. The van der Waals surface area contributed by atoms with Gasteiger partial charge in [0.1, 0.15) is 0 Å². The summed E-state index contributed by atoms with van der Waals surface area (Å²) in [5.74, 6) is 2.48. The van der Waals surface area contributed by atoms with E-state index in [1.807, 2.05) is 0 Å². The highest BCUT2D eigenvalue weighted by Crippen LogP contribution is 2.60. The van der Waals surface area contributed by atoms with E-state index in [9.17, 15) is 10.1 Å². The summed E-state index contributed by atoms with van der Waals surface area (Å²) >= 11 is 0. The van der Waals surface area contributed by atoms with Gasteiger partial charge in [-0.2, -0.15) is 0 Å². The number of hydrogen-bond acceptors (Lipinski definition) is 4. The fraction of sp³-hybridized carbons (Fsp3) is 0.667. The van der Waals surface area contributed by atoms with E-state index in [0.717, 1.165) is 23.3 Å². The number of rotatable bonds is 2. The lowest BCUT2D eigenvalue weighted by molar-refractivity contribution is -0.384. The fourth-order valence-corrected chi connectivity index (χ4v) is 5.36. The molecule has 0 saturated heterocycles. The molecule has 4 fully saturated rings. The van der Waals surface area contributed by atoms with E-state index >= 15 is 0 Å². The lowest BCUT2D eigenvalue weighted by atomic mass is 9.48. The predicted octanol–water partition coefficient (Wildman–Crippen LogP) is 3.04. The van der Waals surface area contributed by atoms with Gasteiger partial charge >= 0.3 is 5.69 Å². The fourth-order valence-electron chi connectivity index (χ4n) is 5.36. The minimum atomic E-state index is -0.410. The zero-order valence-electron chi connectivity index (χ0n) is 11.4. The molecule has 0 radical (unpaired) electrons. The lowest BCUT2D eigenvalue weighted by Crippen LogP contribution is -2.48. The van der Waals surface area contributed by atoms with Crippen LogP contribution in [-0.4, -0.2) is 9.91 Å². The summed E-state index contributed by atoms with van der Waals surface area (Å²) in [6.07, 6.45) is 9.43. The zero-order valence-corrected chi connectivity index (χ0v) is 11.4. The number of anilines is 1. The molecule has 4 aliphatic carbocycles. The van der Waals surface area contributed by atoms with Gasteiger partial charge < -0.3 is 5.73 Å². The van der Waals surface area contributed by atoms with Gasteiger partial charge in [0.15, 0.2) is 0 Å². The second-order valence-corrected chi connectivity index (χ2v) is 7.08. The molecular formula is C15H19N3O2. The maximum Gasteiger partial charge on any atom is 0.311 e. The van der Waals surface area contributed by atoms with E-state index in [1.54, 1.807) is 12.3 Å². The first-order valence-electron chi connectivity index (χ1n) is 7.46. The van der Waals surface area contributed by atoms with Gasteiger partial charge in [0.05, 0.1) is 4.92 Å². The van der Waals surface area contributed by atoms with Gasteiger partial charge in [-0.25, -0.2) is 4.98 Å². The molecule has 5 rings (SSSR count). The zero-order chi connectivity index (χ0) is 13.9. The monoisotopic (exact) mass is 273 g/mol. The summed E-state index contributed by atoms with van der Waals surface area (Å²) in [5.41, 5.74) is 6.79. The van der Waals surface area contributed by atoms with Crippen LogP contribution in [0.5, 0.6) is 0 Å². The normalized spacial score (nSPS) is 38.1. The summed E-state index contributed by atoms with van der Waals surface area (Å²) in [6.45, 7) is 0. The topological polar surface area (TPSA) is 82.0 Å². The standard InChI is InChI=1S/C15H19N3O2/c16-14-13(18(19)20)4-12(8-17-14)15-5-9-1-10(6-15)3-11(2-9)7-15/h4,8-11H,1-3,5-7H2,(H2,16,17). The maximum atomic E-state index is 11.1. The van der Waals surface area contributed by atoms with Crippen LogP contribution in [0.15, 0.2) is 12.3 Å². The molecule has 0 spiro atoms. The van der Waals surface area contributed by atoms with Gasteiger partial charge in [-0.15, -0.1) is 0 Å². The van der Waals surface area contributed by atoms with E-state index in [0.29, 0.717) is 0 Å². The average molecular weight is 273 g/mol. The first kappa shape index (κ1) is 12.1. The molecule has 20 heavy (non-hydrogen) atoms. The third-order valence-electron chi connectivity index (χ3n) is 5.74. The molecule has 0 atom stereocenters. The molecule has 4 bridgehead atoms. The van der Waals surface area contributed by atoms with Gasteiger partial charge in [-0.3, -0.25) is 10.1 Å². The Hall–Kier alpha value is -1.65. The molecule has 0 aromatic carbocycles. The average Bonchev–Trinajstić information content (AvgIpc) is 2.37. The third kappa shape index (κ3) is 1.65. The number of pyridine rings is 1. The summed E-state index contributed by atoms with van der Waals surface area (Å²) in [7, 11) is 0. The molecule has 0 unspecified atom stereocenters. The van der Waals surface area contributed by atoms with Crippen LogP contribution in [0.2, 0.25) is 0 Å². The Morgan fingerprint density at radius 1 is 1.20 bits per heavy atom. The van der Waals surface area contributed by atoms with Crippen LogP contribution in [0.4, 0.5) is 11.5 Å². The summed E-state index contributed by atoms with van der Waals surface area (Å²) < 4.78 is 0. The summed E-state index contributed by atoms with van der Waals surface area (Å²) in [5, 5.41) is 11.1. The first-order valence-corrected chi connectivity index (χ1v) is 7.46. The van der Waals surface area contributed by atoms with Crippen LogP contribution in [-0.2, 0) is 5.41 Å². The van der Waals surface area contributed by atoms with Crippen molar-refractivity contribution in [1.82, 2.24) is 4.98 Å². The SMILES string of the molecule is Nc1ncc(C23CC4CC(CC(C4)C2)C3)cc1[N+](=O)[O-]. The molecule has 1 heterocycles. The summed E-state index contributed by atoms with van der Waals surface area (Å²) in [4.78, 5) is 14.8. The van der Waals surface area contributed by atoms with Crippen molar-refractivity contribution in [3.05, 3.63) is 27.9 Å². The van der Waals surface area contributed by atoms with Crippen molar-refractivity contribution in [2.45, 2.75) is 43.9 Å². The molecule has 4 aliphatic rings. The number of nitrogen functional groups attached to an aromatic ring is 1. The van der Waals surface area contributed by atoms with Gasteiger partial charge in [0.2, 0.25) is 5.82 Å². The maximum absolute atomic E-state index is 11.1. The molecular weight excluding hydrogens is 254 g/mol. The first-order chi connectivity index (χ1) is 9.56. The van der Waals surface area contributed by atoms with Gasteiger partial charge in [-0.05, 0) is 67.3 Å². The van der Waals surface area contributed by atoms with Gasteiger partial charge in [0, 0.05) is 12.3 Å². The number of nitrogens with two attached hydrogens (primary N) is 1. The summed E-state index contributed by atoms with van der Waals surface area (Å²) in [6, 6.07) is 1.69. The Balaban J connectivity index is 1.77. The van der Waals surface area contributed by atoms with Crippen molar-refractivity contribution in [2.24, 2.45) is 17.8 Å². The second kappa shape index (κ2) is 3.93. The molecule has 1 aromatic heterocycles. The third-order valence-corrected chi connectivity index (χ3v) is 5.74.